The number of hydrogen-bond acceptors (Lipinski definition) is 4. The quantitative estimate of drug-likeness (QED) is 0.441. The molecule has 0 saturated carbocycles. The van der Waals surface area contributed by atoms with Gasteiger partial charge in [-0.1, -0.05) is 48.5 Å². The van der Waals surface area contributed by atoms with Crippen molar-refractivity contribution in [2.45, 2.75) is 26.8 Å². The Kier molecular flexibility index (Phi) is 5.98. The molecule has 1 N–H and O–H groups in total. The number of benzene rings is 2. The SMILES string of the molecule is Cc1nc2c(cnn2C(C)C)cc1C(=O)NCCOc1ccccc1-c1ccccc1. The van der Waals surface area contributed by atoms with Crippen LogP contribution in [-0.2, 0) is 0 Å². The number of para-hydroxylation sites is 1. The molecule has 0 bridgehead atoms. The third-order valence-electron chi connectivity index (χ3n) is 5.11. The molecule has 4 rings (SSSR count). The van der Waals surface area contributed by atoms with Gasteiger partial charge in [-0.3, -0.25) is 4.79 Å². The molecule has 0 aliphatic heterocycles. The molecule has 0 saturated heterocycles. The summed E-state index contributed by atoms with van der Waals surface area (Å²) in [5.74, 6) is 0.632. The molecule has 31 heavy (non-hydrogen) atoms. The lowest BCUT2D eigenvalue weighted by atomic mass is 10.1. The minimum absolute atomic E-state index is 0.163. The zero-order chi connectivity index (χ0) is 21.8. The summed E-state index contributed by atoms with van der Waals surface area (Å²) in [5, 5.41) is 8.17. The summed E-state index contributed by atoms with van der Waals surface area (Å²) >= 11 is 0. The maximum atomic E-state index is 12.7. The normalized spacial score (nSPS) is 11.1. The minimum Gasteiger partial charge on any atom is -0.491 e. The molecular weight excluding hydrogens is 388 g/mol. The molecule has 6 heteroatoms. The third-order valence-corrected chi connectivity index (χ3v) is 5.11. The standard InChI is InChI=1S/C25H26N4O2/c1-17(2)29-24-20(16-27-29)15-22(18(3)28-24)25(30)26-13-14-31-23-12-8-7-11-21(23)19-9-5-4-6-10-19/h4-12,15-17H,13-14H2,1-3H3,(H,26,30). The Labute approximate surface area is 181 Å². The monoisotopic (exact) mass is 414 g/mol. The molecule has 6 nitrogen and oxygen atoms in total. The Bertz CT molecular complexity index is 1200. The van der Waals surface area contributed by atoms with Crippen LogP contribution >= 0.6 is 0 Å². The number of carbonyl (C=O) groups excluding carboxylic acids is 1. The molecule has 0 radical (unpaired) electrons. The maximum absolute atomic E-state index is 12.7. The Morgan fingerprint density at radius 1 is 1.10 bits per heavy atom. The van der Waals surface area contributed by atoms with Gasteiger partial charge in [-0.15, -0.1) is 0 Å². The van der Waals surface area contributed by atoms with Gasteiger partial charge in [0.2, 0.25) is 0 Å². The van der Waals surface area contributed by atoms with Gasteiger partial charge < -0.3 is 10.1 Å². The van der Waals surface area contributed by atoms with E-state index in [9.17, 15) is 4.79 Å². The lowest BCUT2D eigenvalue weighted by Gasteiger charge is -2.13. The van der Waals surface area contributed by atoms with Crippen molar-refractivity contribution < 1.29 is 9.53 Å². The van der Waals surface area contributed by atoms with Crippen LogP contribution in [0, 0.1) is 6.92 Å². The number of nitrogens with zero attached hydrogens (tertiary/aromatic N) is 3. The Morgan fingerprint density at radius 3 is 2.61 bits per heavy atom. The number of amides is 1. The van der Waals surface area contributed by atoms with Crippen LogP contribution in [0.25, 0.3) is 22.2 Å². The van der Waals surface area contributed by atoms with Crippen LogP contribution in [0.3, 0.4) is 0 Å². The van der Waals surface area contributed by atoms with Crippen molar-refractivity contribution in [2.24, 2.45) is 0 Å². The van der Waals surface area contributed by atoms with Gasteiger partial charge in [-0.2, -0.15) is 5.10 Å². The predicted molar refractivity (Wildman–Crippen MR) is 122 cm³/mol. The third kappa shape index (κ3) is 4.43. The van der Waals surface area contributed by atoms with Gasteiger partial charge in [0.15, 0.2) is 5.65 Å². The first-order valence-electron chi connectivity index (χ1n) is 10.4. The van der Waals surface area contributed by atoms with E-state index in [0.29, 0.717) is 24.4 Å². The fourth-order valence-corrected chi connectivity index (χ4v) is 3.54. The zero-order valence-corrected chi connectivity index (χ0v) is 18.0. The highest BCUT2D eigenvalue weighted by Crippen LogP contribution is 2.29. The van der Waals surface area contributed by atoms with Gasteiger partial charge in [0, 0.05) is 17.0 Å². The molecule has 0 spiro atoms. The van der Waals surface area contributed by atoms with E-state index in [1.165, 1.54) is 0 Å². The van der Waals surface area contributed by atoms with Crippen molar-refractivity contribution in [3.63, 3.8) is 0 Å². The molecule has 0 atom stereocenters. The van der Waals surface area contributed by atoms with Crippen molar-refractivity contribution in [1.82, 2.24) is 20.1 Å². The molecule has 0 fully saturated rings. The average Bonchev–Trinajstić information content (AvgIpc) is 3.20. The van der Waals surface area contributed by atoms with Gasteiger partial charge in [0.25, 0.3) is 5.91 Å². The summed E-state index contributed by atoms with van der Waals surface area (Å²) < 4.78 is 7.83. The predicted octanol–water partition coefficient (Wildman–Crippen LogP) is 4.80. The van der Waals surface area contributed by atoms with E-state index < -0.39 is 0 Å². The summed E-state index contributed by atoms with van der Waals surface area (Å²) in [6, 6.07) is 20.1. The highest BCUT2D eigenvalue weighted by atomic mass is 16.5. The minimum atomic E-state index is -0.163. The van der Waals surface area contributed by atoms with Gasteiger partial charge >= 0.3 is 0 Å². The first-order chi connectivity index (χ1) is 15.0. The van der Waals surface area contributed by atoms with Gasteiger partial charge in [-0.25, -0.2) is 9.67 Å². The van der Waals surface area contributed by atoms with Gasteiger partial charge in [0.05, 0.1) is 24.0 Å². The summed E-state index contributed by atoms with van der Waals surface area (Å²) in [7, 11) is 0. The molecule has 1 amide bonds. The first-order valence-corrected chi connectivity index (χ1v) is 10.4. The number of ether oxygens (including phenoxy) is 1. The Hall–Kier alpha value is -3.67. The van der Waals surface area contributed by atoms with Crippen LogP contribution in [-0.4, -0.2) is 33.8 Å². The average molecular weight is 415 g/mol. The second-order valence-corrected chi connectivity index (χ2v) is 7.68. The van der Waals surface area contributed by atoms with E-state index >= 15 is 0 Å². The summed E-state index contributed by atoms with van der Waals surface area (Å²) in [6.07, 6.45) is 1.75. The zero-order valence-electron chi connectivity index (χ0n) is 18.0. The van der Waals surface area contributed by atoms with Crippen LogP contribution < -0.4 is 10.1 Å². The highest BCUT2D eigenvalue weighted by molar-refractivity contribution is 5.98. The topological polar surface area (TPSA) is 69.0 Å². The van der Waals surface area contributed by atoms with Crippen molar-refractivity contribution in [1.29, 1.82) is 0 Å². The van der Waals surface area contributed by atoms with E-state index in [1.807, 2.05) is 60.1 Å². The van der Waals surface area contributed by atoms with E-state index in [4.69, 9.17) is 4.74 Å². The van der Waals surface area contributed by atoms with Crippen molar-refractivity contribution in [2.75, 3.05) is 13.2 Å². The van der Waals surface area contributed by atoms with E-state index in [1.54, 1.807) is 6.20 Å². The van der Waals surface area contributed by atoms with Crippen LogP contribution in [0.2, 0.25) is 0 Å². The fourth-order valence-electron chi connectivity index (χ4n) is 3.54. The van der Waals surface area contributed by atoms with Crippen molar-refractivity contribution in [3.8, 4) is 16.9 Å². The first kappa shape index (κ1) is 20.6. The molecule has 2 heterocycles. The Morgan fingerprint density at radius 2 is 1.84 bits per heavy atom. The van der Waals surface area contributed by atoms with E-state index in [2.05, 4.69) is 41.4 Å². The summed E-state index contributed by atoms with van der Waals surface area (Å²) in [4.78, 5) is 17.3. The Balaban J connectivity index is 1.40. The molecule has 4 aromatic rings. The summed E-state index contributed by atoms with van der Waals surface area (Å²) in [5.41, 5.74) is 4.16. The molecular formula is C25H26N4O2. The van der Waals surface area contributed by atoms with Crippen molar-refractivity contribution >= 4 is 16.9 Å². The molecule has 0 aliphatic carbocycles. The molecule has 0 unspecified atom stereocenters. The number of fused-ring (bicyclic) bond motifs is 1. The van der Waals surface area contributed by atoms with Crippen molar-refractivity contribution in [3.05, 3.63) is 78.1 Å². The lowest BCUT2D eigenvalue weighted by molar-refractivity contribution is 0.0946. The maximum Gasteiger partial charge on any atom is 0.253 e. The molecule has 0 aliphatic rings. The largest absolute Gasteiger partial charge is 0.491 e. The van der Waals surface area contributed by atoms with Gasteiger partial charge in [0.1, 0.15) is 12.4 Å². The van der Waals surface area contributed by atoms with E-state index in [-0.39, 0.29) is 11.9 Å². The van der Waals surface area contributed by atoms with Crippen LogP contribution in [0.4, 0.5) is 0 Å². The van der Waals surface area contributed by atoms with Crippen LogP contribution in [0.15, 0.2) is 66.9 Å². The van der Waals surface area contributed by atoms with Gasteiger partial charge in [-0.05, 0) is 38.5 Å². The van der Waals surface area contributed by atoms with E-state index in [0.717, 1.165) is 27.9 Å². The number of aryl methyl sites for hydroxylation is 1. The summed E-state index contributed by atoms with van der Waals surface area (Å²) in [6.45, 7) is 6.72. The van der Waals surface area contributed by atoms with Crippen LogP contribution in [0.5, 0.6) is 5.75 Å². The highest BCUT2D eigenvalue weighted by Gasteiger charge is 2.15. The molecule has 2 aromatic carbocycles. The second kappa shape index (κ2) is 9.00. The molecule has 2 aromatic heterocycles. The molecule has 158 valence electrons. The number of hydrogen-bond donors (Lipinski definition) is 1. The van der Waals surface area contributed by atoms with Crippen LogP contribution in [0.1, 0.15) is 35.9 Å². The number of rotatable bonds is 7. The number of aromatic nitrogens is 3. The second-order valence-electron chi connectivity index (χ2n) is 7.68. The fraction of sp³-hybridized carbons (Fsp3) is 0.240. The lowest BCUT2D eigenvalue weighted by Crippen LogP contribution is -2.29. The number of nitrogens with one attached hydrogen (secondary N) is 1. The number of pyridine rings is 1. The smallest absolute Gasteiger partial charge is 0.253 e. The number of carbonyl (C=O) groups is 1.